The minimum Gasteiger partial charge on any atom is -0.425 e. The number of benzene rings is 1. The highest BCUT2D eigenvalue weighted by molar-refractivity contribution is 7.17. The number of carbonyl (C=O) groups is 1. The summed E-state index contributed by atoms with van der Waals surface area (Å²) >= 11 is 1.60. The molecule has 0 amide bonds. The van der Waals surface area contributed by atoms with Crippen molar-refractivity contribution in [3.8, 4) is 5.75 Å². The fourth-order valence-electron chi connectivity index (χ4n) is 1.51. The van der Waals surface area contributed by atoms with E-state index in [2.05, 4.69) is 25.1 Å². The van der Waals surface area contributed by atoms with Gasteiger partial charge in [-0.25, -0.2) is 0 Å². The highest BCUT2D eigenvalue weighted by Crippen LogP contribution is 2.33. The summed E-state index contributed by atoms with van der Waals surface area (Å²) in [6, 6.07) is 6.27. The van der Waals surface area contributed by atoms with E-state index in [9.17, 15) is 4.79 Å². The van der Waals surface area contributed by atoms with Crippen LogP contribution in [0.4, 0.5) is 0 Å². The zero-order valence-corrected chi connectivity index (χ0v) is 9.56. The van der Waals surface area contributed by atoms with Gasteiger partial charge in [-0.2, -0.15) is 0 Å². The van der Waals surface area contributed by atoms with Crippen LogP contribution in [0, 0.1) is 0 Å². The lowest BCUT2D eigenvalue weighted by atomic mass is 10.1. The molecular weight excluding hydrogens is 208 g/mol. The number of fused-ring (bicyclic) bond motifs is 1. The molecule has 1 aromatic heterocycles. The van der Waals surface area contributed by atoms with Gasteiger partial charge in [-0.05, 0) is 24.1 Å². The van der Waals surface area contributed by atoms with Crippen LogP contribution in [-0.2, 0) is 11.2 Å². The molecule has 0 aliphatic rings. The van der Waals surface area contributed by atoms with E-state index >= 15 is 0 Å². The summed E-state index contributed by atoms with van der Waals surface area (Å²) in [5.41, 5.74) is 1.26. The number of esters is 1. The molecule has 0 unspecified atom stereocenters. The Balaban J connectivity index is 2.51. The van der Waals surface area contributed by atoms with Gasteiger partial charge in [0, 0.05) is 22.4 Å². The fourth-order valence-corrected chi connectivity index (χ4v) is 2.35. The van der Waals surface area contributed by atoms with Crippen molar-refractivity contribution < 1.29 is 9.53 Å². The van der Waals surface area contributed by atoms with Crippen molar-refractivity contribution in [1.29, 1.82) is 0 Å². The third kappa shape index (κ3) is 2.02. The van der Waals surface area contributed by atoms with Crippen LogP contribution in [0.2, 0.25) is 0 Å². The van der Waals surface area contributed by atoms with Crippen molar-refractivity contribution in [2.24, 2.45) is 0 Å². The fraction of sp³-hybridized carbons (Fsp3) is 0.250. The molecule has 0 fully saturated rings. The first-order chi connectivity index (χ1) is 7.20. The van der Waals surface area contributed by atoms with Crippen LogP contribution < -0.4 is 4.74 Å². The van der Waals surface area contributed by atoms with E-state index in [1.54, 1.807) is 11.3 Å². The van der Waals surface area contributed by atoms with E-state index in [1.165, 1.54) is 12.5 Å². The van der Waals surface area contributed by atoms with Crippen molar-refractivity contribution in [3.63, 3.8) is 0 Å². The number of ether oxygens (including phenoxy) is 1. The lowest BCUT2D eigenvalue weighted by Gasteiger charge is -2.00. The summed E-state index contributed by atoms with van der Waals surface area (Å²) in [6.45, 7) is 3.53. The molecule has 0 aliphatic carbocycles. The van der Waals surface area contributed by atoms with Crippen molar-refractivity contribution in [1.82, 2.24) is 0 Å². The normalized spacial score (nSPS) is 10.5. The van der Waals surface area contributed by atoms with Crippen molar-refractivity contribution >= 4 is 27.4 Å². The standard InChI is InChI=1S/C12H12O2S/c1-3-9-4-5-12-10(6-9)11(7-15-12)14-8(2)13/h4-7H,3H2,1-2H3. The quantitative estimate of drug-likeness (QED) is 0.725. The minimum absolute atomic E-state index is 0.267. The van der Waals surface area contributed by atoms with Gasteiger partial charge < -0.3 is 4.74 Å². The van der Waals surface area contributed by atoms with Crippen LogP contribution >= 0.6 is 11.3 Å². The van der Waals surface area contributed by atoms with Crippen LogP contribution in [0.1, 0.15) is 19.4 Å². The van der Waals surface area contributed by atoms with Gasteiger partial charge in [0.25, 0.3) is 0 Å². The van der Waals surface area contributed by atoms with Gasteiger partial charge in [0.2, 0.25) is 0 Å². The molecule has 15 heavy (non-hydrogen) atoms. The molecule has 2 aromatic rings. The molecule has 2 nitrogen and oxygen atoms in total. The molecule has 0 bridgehead atoms. The first-order valence-corrected chi connectivity index (χ1v) is 5.77. The highest BCUT2D eigenvalue weighted by atomic mass is 32.1. The molecule has 0 aliphatic heterocycles. The molecule has 0 saturated carbocycles. The van der Waals surface area contributed by atoms with E-state index in [-0.39, 0.29) is 5.97 Å². The third-order valence-corrected chi connectivity index (χ3v) is 3.21. The number of hydrogen-bond donors (Lipinski definition) is 0. The first kappa shape index (κ1) is 10.2. The molecular formula is C12H12O2S. The average Bonchev–Trinajstić information content (AvgIpc) is 2.60. The zero-order chi connectivity index (χ0) is 10.8. The summed E-state index contributed by atoms with van der Waals surface area (Å²) in [6.07, 6.45) is 0.991. The largest absolute Gasteiger partial charge is 0.425 e. The predicted octanol–water partition coefficient (Wildman–Crippen LogP) is 3.39. The maximum absolute atomic E-state index is 10.9. The van der Waals surface area contributed by atoms with E-state index in [0.717, 1.165) is 16.5 Å². The second-order valence-corrected chi connectivity index (χ2v) is 4.29. The second-order valence-electron chi connectivity index (χ2n) is 3.38. The Morgan fingerprint density at radius 2 is 2.27 bits per heavy atom. The van der Waals surface area contributed by atoms with Gasteiger partial charge in [0.05, 0.1) is 0 Å². The smallest absolute Gasteiger partial charge is 0.308 e. The molecule has 0 saturated heterocycles. The summed E-state index contributed by atoms with van der Waals surface area (Å²) < 4.78 is 6.29. The molecule has 3 heteroatoms. The van der Waals surface area contributed by atoms with E-state index in [1.807, 2.05) is 5.38 Å². The number of carbonyl (C=O) groups excluding carboxylic acids is 1. The van der Waals surface area contributed by atoms with Crippen molar-refractivity contribution in [2.75, 3.05) is 0 Å². The van der Waals surface area contributed by atoms with Crippen LogP contribution in [-0.4, -0.2) is 5.97 Å². The lowest BCUT2D eigenvalue weighted by Crippen LogP contribution is -2.00. The monoisotopic (exact) mass is 220 g/mol. The predicted molar refractivity (Wildman–Crippen MR) is 62.5 cm³/mol. The Labute approximate surface area is 92.5 Å². The van der Waals surface area contributed by atoms with Crippen molar-refractivity contribution in [2.45, 2.75) is 20.3 Å². The number of aryl methyl sites for hydroxylation is 1. The SMILES string of the molecule is CCc1ccc2scc(OC(C)=O)c2c1. The molecule has 0 atom stereocenters. The molecule has 0 spiro atoms. The summed E-state index contributed by atoms with van der Waals surface area (Å²) in [5.74, 6) is 0.411. The van der Waals surface area contributed by atoms with Gasteiger partial charge in [-0.15, -0.1) is 11.3 Å². The Hall–Kier alpha value is -1.35. The molecule has 0 radical (unpaired) electrons. The second kappa shape index (κ2) is 4.03. The van der Waals surface area contributed by atoms with Gasteiger partial charge in [0.15, 0.2) is 0 Å². The van der Waals surface area contributed by atoms with Crippen molar-refractivity contribution in [3.05, 3.63) is 29.1 Å². The molecule has 0 N–H and O–H groups in total. The van der Waals surface area contributed by atoms with Crippen LogP contribution in [0.5, 0.6) is 5.75 Å². The number of rotatable bonds is 2. The molecule has 78 valence electrons. The minimum atomic E-state index is -0.267. The number of thiophene rings is 1. The summed E-state index contributed by atoms with van der Waals surface area (Å²) in [5, 5.41) is 2.92. The maximum atomic E-state index is 10.9. The first-order valence-electron chi connectivity index (χ1n) is 4.89. The van der Waals surface area contributed by atoms with Gasteiger partial charge >= 0.3 is 5.97 Å². The maximum Gasteiger partial charge on any atom is 0.308 e. The Kier molecular flexibility index (Phi) is 2.73. The van der Waals surface area contributed by atoms with Gasteiger partial charge in [-0.3, -0.25) is 4.79 Å². The Morgan fingerprint density at radius 1 is 1.47 bits per heavy atom. The molecule has 1 heterocycles. The average molecular weight is 220 g/mol. The number of hydrogen-bond acceptors (Lipinski definition) is 3. The summed E-state index contributed by atoms with van der Waals surface area (Å²) in [7, 11) is 0. The Morgan fingerprint density at radius 3 is 2.93 bits per heavy atom. The van der Waals surface area contributed by atoms with Crippen LogP contribution in [0.3, 0.4) is 0 Å². The van der Waals surface area contributed by atoms with Gasteiger partial charge in [-0.1, -0.05) is 13.0 Å². The van der Waals surface area contributed by atoms with Crippen LogP contribution in [0.15, 0.2) is 23.6 Å². The van der Waals surface area contributed by atoms with E-state index in [0.29, 0.717) is 5.75 Å². The molecule has 1 aromatic carbocycles. The Bertz CT molecular complexity index is 499. The molecule has 2 rings (SSSR count). The van der Waals surface area contributed by atoms with E-state index in [4.69, 9.17) is 4.74 Å². The summed E-state index contributed by atoms with van der Waals surface area (Å²) in [4.78, 5) is 10.9. The third-order valence-electron chi connectivity index (χ3n) is 2.26. The van der Waals surface area contributed by atoms with Crippen LogP contribution in [0.25, 0.3) is 10.1 Å². The highest BCUT2D eigenvalue weighted by Gasteiger charge is 2.07. The zero-order valence-electron chi connectivity index (χ0n) is 8.74. The lowest BCUT2D eigenvalue weighted by molar-refractivity contribution is -0.131. The topological polar surface area (TPSA) is 26.3 Å². The van der Waals surface area contributed by atoms with E-state index < -0.39 is 0 Å². The van der Waals surface area contributed by atoms with Gasteiger partial charge in [0.1, 0.15) is 5.75 Å².